The number of carbonyl (C=O) groups excluding carboxylic acids is 1. The van der Waals surface area contributed by atoms with Crippen molar-refractivity contribution in [3.63, 3.8) is 0 Å². The van der Waals surface area contributed by atoms with Gasteiger partial charge in [0.15, 0.2) is 0 Å². The molecule has 0 fully saturated rings. The summed E-state index contributed by atoms with van der Waals surface area (Å²) in [5.74, 6) is -0.750. The van der Waals surface area contributed by atoms with Crippen LogP contribution in [0, 0.1) is 17.0 Å². The third-order valence-electron chi connectivity index (χ3n) is 1.60. The van der Waals surface area contributed by atoms with E-state index in [0.717, 1.165) is 0 Å². The lowest BCUT2D eigenvalue weighted by Crippen LogP contribution is -2.19. The van der Waals surface area contributed by atoms with Crippen LogP contribution in [-0.4, -0.2) is 22.9 Å². The standard InChI is InChI=1S/C8H9N3O3/c1-5-3-6(8(12)9-2)10-7(4-5)11(13)14/h3-4H,1-2H3,(H,9,12). The molecule has 0 aliphatic heterocycles. The van der Waals surface area contributed by atoms with Gasteiger partial charge in [-0.15, -0.1) is 0 Å². The van der Waals surface area contributed by atoms with Gasteiger partial charge in [0.05, 0.1) is 0 Å². The first-order chi connectivity index (χ1) is 6.54. The Kier molecular flexibility index (Phi) is 2.76. The molecule has 0 atom stereocenters. The number of pyridine rings is 1. The van der Waals surface area contributed by atoms with Crippen LogP contribution in [0.5, 0.6) is 0 Å². The molecule has 1 rings (SSSR count). The van der Waals surface area contributed by atoms with Crippen molar-refractivity contribution in [2.45, 2.75) is 6.92 Å². The van der Waals surface area contributed by atoms with Gasteiger partial charge < -0.3 is 15.4 Å². The van der Waals surface area contributed by atoms with Gasteiger partial charge in [0.25, 0.3) is 5.91 Å². The van der Waals surface area contributed by atoms with Crippen LogP contribution in [0.3, 0.4) is 0 Å². The predicted molar refractivity (Wildman–Crippen MR) is 49.0 cm³/mol. The third kappa shape index (κ3) is 2.03. The number of rotatable bonds is 2. The zero-order valence-corrected chi connectivity index (χ0v) is 7.77. The van der Waals surface area contributed by atoms with Gasteiger partial charge in [-0.3, -0.25) is 4.79 Å². The molecule has 0 saturated carbocycles. The largest absolute Gasteiger partial charge is 0.364 e. The zero-order chi connectivity index (χ0) is 10.7. The van der Waals surface area contributed by atoms with Gasteiger partial charge in [-0.25, -0.2) is 0 Å². The maximum atomic E-state index is 11.1. The monoisotopic (exact) mass is 195 g/mol. The van der Waals surface area contributed by atoms with E-state index in [4.69, 9.17) is 0 Å². The first-order valence-electron chi connectivity index (χ1n) is 3.89. The zero-order valence-electron chi connectivity index (χ0n) is 7.77. The van der Waals surface area contributed by atoms with Crippen LogP contribution in [-0.2, 0) is 0 Å². The number of hydrogen-bond acceptors (Lipinski definition) is 4. The highest BCUT2D eigenvalue weighted by atomic mass is 16.6. The highest BCUT2D eigenvalue weighted by Gasteiger charge is 2.16. The molecule has 1 aromatic rings. The highest BCUT2D eigenvalue weighted by Crippen LogP contribution is 2.11. The van der Waals surface area contributed by atoms with Crippen molar-refractivity contribution in [1.82, 2.24) is 10.3 Å². The fraction of sp³-hybridized carbons (Fsp3) is 0.250. The Labute approximate surface area is 80.1 Å². The Morgan fingerprint density at radius 1 is 1.57 bits per heavy atom. The van der Waals surface area contributed by atoms with Crippen LogP contribution in [0.1, 0.15) is 16.1 Å². The van der Waals surface area contributed by atoms with Gasteiger partial charge in [0, 0.05) is 13.1 Å². The minimum Gasteiger partial charge on any atom is -0.358 e. The Bertz CT molecular complexity index is 389. The molecule has 14 heavy (non-hydrogen) atoms. The lowest BCUT2D eigenvalue weighted by molar-refractivity contribution is -0.389. The lowest BCUT2D eigenvalue weighted by Gasteiger charge is -1.97. The molecule has 0 radical (unpaired) electrons. The van der Waals surface area contributed by atoms with Crippen molar-refractivity contribution in [2.24, 2.45) is 0 Å². The molecular weight excluding hydrogens is 186 g/mol. The van der Waals surface area contributed by atoms with Crippen LogP contribution in [0.2, 0.25) is 0 Å². The molecule has 6 heteroatoms. The fourth-order valence-corrected chi connectivity index (χ4v) is 0.987. The topological polar surface area (TPSA) is 85.1 Å². The van der Waals surface area contributed by atoms with E-state index in [0.29, 0.717) is 5.56 Å². The number of aryl methyl sites for hydroxylation is 1. The van der Waals surface area contributed by atoms with Gasteiger partial charge in [-0.2, -0.15) is 0 Å². The summed E-state index contributed by atoms with van der Waals surface area (Å²) in [6.45, 7) is 1.67. The maximum Gasteiger partial charge on any atom is 0.364 e. The van der Waals surface area contributed by atoms with Crippen LogP contribution in [0.15, 0.2) is 12.1 Å². The van der Waals surface area contributed by atoms with Gasteiger partial charge in [0.2, 0.25) is 5.69 Å². The normalized spacial score (nSPS) is 9.57. The molecule has 0 bridgehead atoms. The SMILES string of the molecule is CNC(=O)c1cc(C)cc([N+](=O)[O-])n1. The van der Waals surface area contributed by atoms with Crippen LogP contribution in [0.4, 0.5) is 5.82 Å². The summed E-state index contributed by atoms with van der Waals surface area (Å²) in [5.41, 5.74) is 0.685. The number of hydrogen-bond donors (Lipinski definition) is 1. The molecule has 0 aliphatic carbocycles. The first kappa shape index (κ1) is 10.1. The van der Waals surface area contributed by atoms with E-state index in [1.165, 1.54) is 19.2 Å². The summed E-state index contributed by atoms with van der Waals surface area (Å²) in [6.07, 6.45) is 0. The van der Waals surface area contributed by atoms with Gasteiger partial charge >= 0.3 is 5.82 Å². The number of aromatic nitrogens is 1. The van der Waals surface area contributed by atoms with Crippen molar-refractivity contribution in [3.8, 4) is 0 Å². The number of amides is 1. The molecule has 0 unspecified atom stereocenters. The van der Waals surface area contributed by atoms with E-state index in [1.807, 2.05) is 0 Å². The van der Waals surface area contributed by atoms with Crippen LogP contribution >= 0.6 is 0 Å². The smallest absolute Gasteiger partial charge is 0.358 e. The second-order valence-electron chi connectivity index (χ2n) is 2.72. The van der Waals surface area contributed by atoms with Crippen molar-refractivity contribution in [1.29, 1.82) is 0 Å². The quantitative estimate of drug-likeness (QED) is 0.554. The van der Waals surface area contributed by atoms with E-state index in [2.05, 4.69) is 10.3 Å². The summed E-state index contributed by atoms with van der Waals surface area (Å²) in [6, 6.07) is 2.80. The lowest BCUT2D eigenvalue weighted by atomic mass is 10.2. The van der Waals surface area contributed by atoms with E-state index >= 15 is 0 Å². The maximum absolute atomic E-state index is 11.1. The van der Waals surface area contributed by atoms with E-state index in [9.17, 15) is 14.9 Å². The second-order valence-corrected chi connectivity index (χ2v) is 2.72. The molecule has 6 nitrogen and oxygen atoms in total. The number of nitro groups is 1. The summed E-state index contributed by atoms with van der Waals surface area (Å²) in [4.78, 5) is 24.5. The van der Waals surface area contributed by atoms with Crippen LogP contribution in [0.25, 0.3) is 0 Å². The molecule has 1 N–H and O–H groups in total. The summed E-state index contributed by atoms with van der Waals surface area (Å²) in [5, 5.41) is 12.8. The highest BCUT2D eigenvalue weighted by molar-refractivity contribution is 5.92. The molecule has 0 saturated heterocycles. The van der Waals surface area contributed by atoms with E-state index in [-0.39, 0.29) is 11.5 Å². The van der Waals surface area contributed by atoms with E-state index in [1.54, 1.807) is 6.92 Å². The Morgan fingerprint density at radius 3 is 2.71 bits per heavy atom. The third-order valence-corrected chi connectivity index (χ3v) is 1.60. The summed E-state index contributed by atoms with van der Waals surface area (Å²) in [7, 11) is 1.44. The number of nitrogens with one attached hydrogen (secondary N) is 1. The Balaban J connectivity index is 3.20. The van der Waals surface area contributed by atoms with Gasteiger partial charge in [-0.1, -0.05) is 0 Å². The molecule has 1 amide bonds. The molecule has 0 aromatic carbocycles. The van der Waals surface area contributed by atoms with Crippen molar-refractivity contribution in [2.75, 3.05) is 7.05 Å². The van der Waals surface area contributed by atoms with E-state index < -0.39 is 10.8 Å². The molecule has 1 aromatic heterocycles. The minimum absolute atomic E-state index is 0.0548. The summed E-state index contributed by atoms with van der Waals surface area (Å²) < 4.78 is 0. The Hall–Kier alpha value is -1.98. The predicted octanol–water partition coefficient (Wildman–Crippen LogP) is 0.658. The molecule has 74 valence electrons. The molecular formula is C8H9N3O3. The molecule has 1 heterocycles. The van der Waals surface area contributed by atoms with Crippen molar-refractivity contribution in [3.05, 3.63) is 33.5 Å². The summed E-state index contributed by atoms with van der Waals surface area (Å²) >= 11 is 0. The molecule has 0 spiro atoms. The van der Waals surface area contributed by atoms with Gasteiger partial charge in [-0.05, 0) is 28.5 Å². The van der Waals surface area contributed by atoms with Gasteiger partial charge in [0.1, 0.15) is 0 Å². The number of nitrogens with zero attached hydrogens (tertiary/aromatic N) is 2. The molecule has 0 aliphatic rings. The van der Waals surface area contributed by atoms with Crippen molar-refractivity contribution >= 4 is 11.7 Å². The first-order valence-corrected chi connectivity index (χ1v) is 3.89. The number of carbonyl (C=O) groups is 1. The van der Waals surface area contributed by atoms with Crippen LogP contribution < -0.4 is 5.32 Å². The second kappa shape index (κ2) is 3.82. The van der Waals surface area contributed by atoms with Crippen molar-refractivity contribution < 1.29 is 9.72 Å². The Morgan fingerprint density at radius 2 is 2.21 bits per heavy atom. The average molecular weight is 195 g/mol. The minimum atomic E-state index is -0.626. The fourth-order valence-electron chi connectivity index (χ4n) is 0.987. The average Bonchev–Trinajstić information content (AvgIpc) is 2.15.